The fourth-order valence-corrected chi connectivity index (χ4v) is 2.98. The molecule has 0 radical (unpaired) electrons. The number of likely N-dealkylation sites (N-methyl/N-ethyl adjacent to an activating group) is 1. The summed E-state index contributed by atoms with van der Waals surface area (Å²) in [6.45, 7) is 4.21. The number of para-hydroxylation sites is 1. The van der Waals surface area contributed by atoms with Crippen molar-refractivity contribution >= 4 is 22.6 Å². The lowest BCUT2D eigenvalue weighted by atomic mass is 10.2. The Morgan fingerprint density at radius 3 is 2.90 bits per heavy atom. The lowest BCUT2D eigenvalue weighted by molar-refractivity contribution is 0.309. The number of hydrogen-bond acceptors (Lipinski definition) is 2. The van der Waals surface area contributed by atoms with Gasteiger partial charge in [0.25, 0.3) is 0 Å². The number of imidazole rings is 1. The topological polar surface area (TPSA) is 21.1 Å². The van der Waals surface area contributed by atoms with Crippen molar-refractivity contribution in [3.63, 3.8) is 0 Å². The average Bonchev–Trinajstić information content (AvgIpc) is 3.21. The molecule has 1 aliphatic carbocycles. The van der Waals surface area contributed by atoms with Crippen LogP contribution in [0.2, 0.25) is 0 Å². The smallest absolute Gasteiger partial charge is 0.111 e. The molecule has 3 nitrogen and oxygen atoms in total. The minimum Gasteiger partial charge on any atom is -0.327 e. The quantitative estimate of drug-likeness (QED) is 0.762. The van der Waals surface area contributed by atoms with E-state index in [0.29, 0.717) is 5.88 Å². The summed E-state index contributed by atoms with van der Waals surface area (Å²) in [5, 5.41) is 0. The van der Waals surface area contributed by atoms with E-state index >= 15 is 0 Å². The number of halogens is 1. The number of fused-ring (bicyclic) bond motifs is 1. The Kier molecular flexibility index (Phi) is 3.99. The molecule has 0 saturated heterocycles. The van der Waals surface area contributed by atoms with E-state index in [1.807, 2.05) is 0 Å². The third kappa shape index (κ3) is 2.70. The van der Waals surface area contributed by atoms with E-state index in [9.17, 15) is 0 Å². The fraction of sp³-hybridized carbons (Fsp3) is 0.562. The molecule has 0 N–H and O–H groups in total. The molecular formula is C16H22ClN3. The van der Waals surface area contributed by atoms with Crippen molar-refractivity contribution < 1.29 is 0 Å². The van der Waals surface area contributed by atoms with Crippen LogP contribution in [-0.4, -0.2) is 40.0 Å². The van der Waals surface area contributed by atoms with Crippen molar-refractivity contribution in [2.45, 2.75) is 38.8 Å². The molecule has 1 aliphatic rings. The van der Waals surface area contributed by atoms with E-state index in [4.69, 9.17) is 16.6 Å². The van der Waals surface area contributed by atoms with Crippen molar-refractivity contribution in [2.24, 2.45) is 0 Å². The van der Waals surface area contributed by atoms with E-state index in [2.05, 4.69) is 41.6 Å². The molecule has 0 atom stereocenters. The van der Waals surface area contributed by atoms with Gasteiger partial charge in [0.2, 0.25) is 0 Å². The molecule has 1 saturated carbocycles. The maximum atomic E-state index is 5.93. The highest BCUT2D eigenvalue weighted by Gasteiger charge is 2.25. The number of alkyl halides is 1. The third-order valence-corrected chi connectivity index (χ3v) is 4.41. The minimum absolute atomic E-state index is 0.626. The summed E-state index contributed by atoms with van der Waals surface area (Å²) in [5.74, 6) is 1.74. The van der Waals surface area contributed by atoms with Crippen molar-refractivity contribution in [1.29, 1.82) is 0 Å². The first-order chi connectivity index (χ1) is 9.70. The number of rotatable bonds is 6. The molecule has 4 heteroatoms. The van der Waals surface area contributed by atoms with Gasteiger partial charge < -0.3 is 9.47 Å². The Morgan fingerprint density at radius 2 is 2.20 bits per heavy atom. The molecule has 0 unspecified atom stereocenters. The molecule has 108 valence electrons. The normalized spacial score (nSPS) is 15.4. The average molecular weight is 292 g/mol. The van der Waals surface area contributed by atoms with Gasteiger partial charge in [0.05, 0.1) is 11.0 Å². The standard InChI is InChI=1S/C16H22ClN3/c1-12-4-3-5-14-16(12)18-15(8-9-17)20(14)11-10-19(2)13-6-7-13/h3-5,13H,6-11H2,1-2H3. The van der Waals surface area contributed by atoms with Crippen LogP contribution in [0.4, 0.5) is 0 Å². The van der Waals surface area contributed by atoms with Crippen molar-refractivity contribution in [3.05, 3.63) is 29.6 Å². The number of aromatic nitrogens is 2. The van der Waals surface area contributed by atoms with Crippen LogP contribution < -0.4 is 0 Å². The maximum absolute atomic E-state index is 5.93. The second kappa shape index (κ2) is 5.74. The Labute approximate surface area is 125 Å². The first-order valence-electron chi connectivity index (χ1n) is 7.41. The van der Waals surface area contributed by atoms with E-state index in [1.54, 1.807) is 0 Å². The van der Waals surface area contributed by atoms with Gasteiger partial charge >= 0.3 is 0 Å². The summed E-state index contributed by atoms with van der Waals surface area (Å²) in [6, 6.07) is 7.22. The molecule has 0 amide bonds. The number of nitrogens with zero attached hydrogens (tertiary/aromatic N) is 3. The molecule has 1 aromatic carbocycles. The van der Waals surface area contributed by atoms with Crippen molar-refractivity contribution in [2.75, 3.05) is 19.5 Å². The maximum Gasteiger partial charge on any atom is 0.111 e. The molecular weight excluding hydrogens is 270 g/mol. The largest absolute Gasteiger partial charge is 0.327 e. The molecule has 2 aromatic rings. The van der Waals surface area contributed by atoms with E-state index in [1.165, 1.54) is 23.9 Å². The van der Waals surface area contributed by atoms with Crippen LogP contribution in [-0.2, 0) is 13.0 Å². The van der Waals surface area contributed by atoms with Gasteiger partial charge in [-0.05, 0) is 38.4 Å². The zero-order valence-electron chi connectivity index (χ0n) is 12.3. The molecule has 0 spiro atoms. The summed E-state index contributed by atoms with van der Waals surface area (Å²) in [7, 11) is 2.23. The van der Waals surface area contributed by atoms with Crippen molar-refractivity contribution in [3.8, 4) is 0 Å². The molecule has 0 aliphatic heterocycles. The second-order valence-electron chi connectivity index (χ2n) is 5.77. The Bertz CT molecular complexity index is 601. The summed E-state index contributed by atoms with van der Waals surface area (Å²) in [6.07, 6.45) is 3.55. The minimum atomic E-state index is 0.626. The Balaban J connectivity index is 1.89. The zero-order valence-corrected chi connectivity index (χ0v) is 13.0. The van der Waals surface area contributed by atoms with E-state index in [-0.39, 0.29) is 0 Å². The predicted molar refractivity (Wildman–Crippen MR) is 84.5 cm³/mol. The van der Waals surface area contributed by atoms with Gasteiger partial charge in [-0.1, -0.05) is 12.1 Å². The summed E-state index contributed by atoms with van der Waals surface area (Å²) in [4.78, 5) is 7.26. The highest BCUT2D eigenvalue weighted by atomic mass is 35.5. The van der Waals surface area contributed by atoms with Gasteiger partial charge in [0.1, 0.15) is 5.82 Å². The molecule has 20 heavy (non-hydrogen) atoms. The van der Waals surface area contributed by atoms with Gasteiger partial charge in [-0.2, -0.15) is 0 Å². The fourth-order valence-electron chi connectivity index (χ4n) is 2.82. The van der Waals surface area contributed by atoms with Crippen LogP contribution >= 0.6 is 11.6 Å². The summed E-state index contributed by atoms with van der Waals surface area (Å²) < 4.78 is 2.35. The third-order valence-electron chi connectivity index (χ3n) is 4.22. The lowest BCUT2D eigenvalue weighted by Gasteiger charge is -2.17. The number of hydrogen-bond donors (Lipinski definition) is 0. The summed E-state index contributed by atoms with van der Waals surface area (Å²) in [5.41, 5.74) is 3.61. The first kappa shape index (κ1) is 13.9. The number of benzene rings is 1. The predicted octanol–water partition coefficient (Wildman–Crippen LogP) is 3.22. The molecule has 3 rings (SSSR count). The van der Waals surface area contributed by atoms with Gasteiger partial charge in [-0.25, -0.2) is 4.98 Å². The number of aryl methyl sites for hydroxylation is 2. The first-order valence-corrected chi connectivity index (χ1v) is 7.95. The van der Waals surface area contributed by atoms with Crippen LogP contribution in [0.3, 0.4) is 0 Å². The Hall–Kier alpha value is -1.06. The van der Waals surface area contributed by atoms with Crippen LogP contribution in [0.1, 0.15) is 24.2 Å². The molecule has 1 fully saturated rings. The highest BCUT2D eigenvalue weighted by molar-refractivity contribution is 6.17. The lowest BCUT2D eigenvalue weighted by Crippen LogP contribution is -2.25. The van der Waals surface area contributed by atoms with Crippen LogP contribution in [0.15, 0.2) is 18.2 Å². The van der Waals surface area contributed by atoms with Crippen LogP contribution in [0.25, 0.3) is 11.0 Å². The van der Waals surface area contributed by atoms with E-state index in [0.717, 1.165) is 36.9 Å². The SMILES string of the molecule is Cc1cccc2c1nc(CCCl)n2CCN(C)C1CC1. The molecule has 0 bridgehead atoms. The monoisotopic (exact) mass is 291 g/mol. The van der Waals surface area contributed by atoms with E-state index < -0.39 is 0 Å². The Morgan fingerprint density at radius 1 is 1.40 bits per heavy atom. The second-order valence-corrected chi connectivity index (χ2v) is 6.15. The molecule has 1 aromatic heterocycles. The zero-order chi connectivity index (χ0) is 14.1. The van der Waals surface area contributed by atoms with Crippen molar-refractivity contribution in [1.82, 2.24) is 14.5 Å². The van der Waals surface area contributed by atoms with Gasteiger partial charge in [-0.15, -0.1) is 11.6 Å². The highest BCUT2D eigenvalue weighted by Crippen LogP contribution is 2.26. The van der Waals surface area contributed by atoms with Gasteiger partial charge in [-0.3, -0.25) is 0 Å². The van der Waals surface area contributed by atoms with Gasteiger partial charge in [0.15, 0.2) is 0 Å². The van der Waals surface area contributed by atoms with Gasteiger partial charge in [0, 0.05) is 31.4 Å². The summed E-state index contributed by atoms with van der Waals surface area (Å²) >= 11 is 5.93. The van der Waals surface area contributed by atoms with Crippen LogP contribution in [0.5, 0.6) is 0 Å². The van der Waals surface area contributed by atoms with Crippen LogP contribution in [0, 0.1) is 6.92 Å². The molecule has 1 heterocycles.